The van der Waals surface area contributed by atoms with E-state index in [9.17, 15) is 5.11 Å². The fourth-order valence-electron chi connectivity index (χ4n) is 1.99. The van der Waals surface area contributed by atoms with Gasteiger partial charge in [0.15, 0.2) is 0 Å². The minimum Gasteiger partial charge on any atom is -0.388 e. The third-order valence-electron chi connectivity index (χ3n) is 3.05. The van der Waals surface area contributed by atoms with Crippen LogP contribution in [0.2, 0.25) is 5.02 Å². The molecule has 2 rings (SSSR count). The molecule has 0 aliphatic heterocycles. The van der Waals surface area contributed by atoms with Crippen molar-refractivity contribution in [1.29, 1.82) is 0 Å². The van der Waals surface area contributed by atoms with Crippen molar-refractivity contribution in [3.05, 3.63) is 70.2 Å². The molecule has 0 bridgehead atoms. The zero-order chi connectivity index (χ0) is 13.7. The number of aliphatic hydroxyl groups excluding tert-OH is 1. The first-order valence-electron chi connectivity index (χ1n) is 6.20. The van der Waals surface area contributed by atoms with Crippen molar-refractivity contribution < 1.29 is 9.84 Å². The van der Waals surface area contributed by atoms with Crippen LogP contribution in [0.1, 0.15) is 22.8 Å². The molecule has 0 aliphatic carbocycles. The van der Waals surface area contributed by atoms with Gasteiger partial charge < -0.3 is 9.84 Å². The molecule has 2 aromatic rings. The van der Waals surface area contributed by atoms with Crippen LogP contribution in [0.25, 0.3) is 0 Å². The molecular formula is C16H17ClO2. The Morgan fingerprint density at radius 1 is 1.11 bits per heavy atom. The standard InChI is InChI=1S/C16H17ClO2/c1-19-11-12-6-8-13(9-7-12)16(18)10-14-4-2-3-5-15(14)17/h2-9,16,18H,10-11H2,1H3. The molecule has 1 atom stereocenters. The molecular weight excluding hydrogens is 260 g/mol. The zero-order valence-electron chi connectivity index (χ0n) is 10.8. The smallest absolute Gasteiger partial charge is 0.0830 e. The number of benzene rings is 2. The molecule has 0 fully saturated rings. The maximum Gasteiger partial charge on any atom is 0.0830 e. The summed E-state index contributed by atoms with van der Waals surface area (Å²) in [6.45, 7) is 0.584. The first kappa shape index (κ1) is 14.1. The molecule has 100 valence electrons. The van der Waals surface area contributed by atoms with E-state index >= 15 is 0 Å². The van der Waals surface area contributed by atoms with Gasteiger partial charge in [0.25, 0.3) is 0 Å². The Labute approximate surface area is 118 Å². The van der Waals surface area contributed by atoms with E-state index in [0.29, 0.717) is 18.1 Å². The number of halogens is 1. The number of ether oxygens (including phenoxy) is 1. The van der Waals surface area contributed by atoms with Gasteiger partial charge in [0, 0.05) is 18.6 Å². The average molecular weight is 277 g/mol. The van der Waals surface area contributed by atoms with Gasteiger partial charge in [-0.05, 0) is 22.8 Å². The number of methoxy groups -OCH3 is 1. The molecule has 0 saturated carbocycles. The first-order chi connectivity index (χ1) is 9.20. The monoisotopic (exact) mass is 276 g/mol. The second-order valence-corrected chi connectivity index (χ2v) is 4.89. The van der Waals surface area contributed by atoms with Crippen LogP contribution in [0.3, 0.4) is 0 Å². The van der Waals surface area contributed by atoms with Gasteiger partial charge in [0.05, 0.1) is 12.7 Å². The molecule has 0 aromatic heterocycles. The largest absolute Gasteiger partial charge is 0.388 e. The van der Waals surface area contributed by atoms with Gasteiger partial charge in [-0.3, -0.25) is 0 Å². The molecule has 0 heterocycles. The molecule has 0 aliphatic rings. The minimum absolute atomic E-state index is 0.517. The van der Waals surface area contributed by atoms with E-state index in [-0.39, 0.29) is 0 Å². The lowest BCUT2D eigenvalue weighted by Gasteiger charge is -2.12. The summed E-state index contributed by atoms with van der Waals surface area (Å²) >= 11 is 6.09. The molecule has 0 saturated heterocycles. The fourth-order valence-corrected chi connectivity index (χ4v) is 2.21. The Morgan fingerprint density at radius 2 is 1.79 bits per heavy atom. The molecule has 0 radical (unpaired) electrons. The molecule has 1 N–H and O–H groups in total. The Balaban J connectivity index is 2.07. The third kappa shape index (κ3) is 3.80. The van der Waals surface area contributed by atoms with E-state index in [0.717, 1.165) is 16.7 Å². The van der Waals surface area contributed by atoms with E-state index in [1.165, 1.54) is 0 Å². The van der Waals surface area contributed by atoms with Gasteiger partial charge in [-0.25, -0.2) is 0 Å². The van der Waals surface area contributed by atoms with Crippen LogP contribution in [0.4, 0.5) is 0 Å². The van der Waals surface area contributed by atoms with Crippen LogP contribution in [0.5, 0.6) is 0 Å². The fraction of sp³-hybridized carbons (Fsp3) is 0.250. The van der Waals surface area contributed by atoms with Crippen LogP contribution in [-0.2, 0) is 17.8 Å². The summed E-state index contributed by atoms with van der Waals surface area (Å²) in [7, 11) is 1.67. The summed E-state index contributed by atoms with van der Waals surface area (Å²) in [5.74, 6) is 0. The average Bonchev–Trinajstić information content (AvgIpc) is 2.42. The van der Waals surface area contributed by atoms with Crippen molar-refractivity contribution in [1.82, 2.24) is 0 Å². The molecule has 0 amide bonds. The van der Waals surface area contributed by atoms with Crippen LogP contribution < -0.4 is 0 Å². The highest BCUT2D eigenvalue weighted by molar-refractivity contribution is 6.31. The third-order valence-corrected chi connectivity index (χ3v) is 3.42. The highest BCUT2D eigenvalue weighted by Gasteiger charge is 2.10. The summed E-state index contributed by atoms with van der Waals surface area (Å²) in [5, 5.41) is 10.9. The predicted molar refractivity (Wildman–Crippen MR) is 77.3 cm³/mol. The lowest BCUT2D eigenvalue weighted by atomic mass is 10.0. The van der Waals surface area contributed by atoms with E-state index in [2.05, 4.69) is 0 Å². The predicted octanol–water partition coefficient (Wildman–Crippen LogP) is 3.76. The highest BCUT2D eigenvalue weighted by Crippen LogP contribution is 2.23. The van der Waals surface area contributed by atoms with Gasteiger partial charge in [-0.1, -0.05) is 54.1 Å². The quantitative estimate of drug-likeness (QED) is 0.901. The van der Waals surface area contributed by atoms with Crippen molar-refractivity contribution in [2.24, 2.45) is 0 Å². The highest BCUT2D eigenvalue weighted by atomic mass is 35.5. The van der Waals surface area contributed by atoms with E-state index in [1.54, 1.807) is 7.11 Å². The summed E-state index contributed by atoms with van der Waals surface area (Å²) in [6, 6.07) is 15.4. The van der Waals surface area contributed by atoms with Crippen LogP contribution in [-0.4, -0.2) is 12.2 Å². The van der Waals surface area contributed by atoms with Crippen LogP contribution in [0, 0.1) is 0 Å². The summed E-state index contributed by atoms with van der Waals surface area (Å²) < 4.78 is 5.06. The Hall–Kier alpha value is -1.35. The van der Waals surface area contributed by atoms with E-state index in [4.69, 9.17) is 16.3 Å². The van der Waals surface area contributed by atoms with Crippen molar-refractivity contribution in [2.75, 3.05) is 7.11 Å². The summed E-state index contributed by atoms with van der Waals surface area (Å²) in [5.41, 5.74) is 2.94. The van der Waals surface area contributed by atoms with Crippen LogP contribution in [0.15, 0.2) is 48.5 Å². The maximum absolute atomic E-state index is 10.2. The SMILES string of the molecule is COCc1ccc(C(O)Cc2ccccc2Cl)cc1. The minimum atomic E-state index is -0.545. The number of hydrogen-bond donors (Lipinski definition) is 1. The lowest BCUT2D eigenvalue weighted by Crippen LogP contribution is -2.02. The molecule has 19 heavy (non-hydrogen) atoms. The first-order valence-corrected chi connectivity index (χ1v) is 6.57. The molecule has 3 heteroatoms. The Bertz CT molecular complexity index is 523. The van der Waals surface area contributed by atoms with Gasteiger partial charge in [0.2, 0.25) is 0 Å². The second kappa shape index (κ2) is 6.71. The van der Waals surface area contributed by atoms with Crippen molar-refractivity contribution in [3.8, 4) is 0 Å². The molecule has 2 nitrogen and oxygen atoms in total. The van der Waals surface area contributed by atoms with E-state index in [1.807, 2.05) is 48.5 Å². The van der Waals surface area contributed by atoms with Gasteiger partial charge >= 0.3 is 0 Å². The van der Waals surface area contributed by atoms with Gasteiger partial charge in [0.1, 0.15) is 0 Å². The van der Waals surface area contributed by atoms with E-state index < -0.39 is 6.10 Å². The maximum atomic E-state index is 10.2. The number of hydrogen-bond acceptors (Lipinski definition) is 2. The Morgan fingerprint density at radius 3 is 2.42 bits per heavy atom. The van der Waals surface area contributed by atoms with Crippen molar-refractivity contribution in [3.63, 3.8) is 0 Å². The topological polar surface area (TPSA) is 29.5 Å². The molecule has 1 unspecified atom stereocenters. The lowest BCUT2D eigenvalue weighted by molar-refractivity contribution is 0.177. The number of aliphatic hydroxyl groups is 1. The zero-order valence-corrected chi connectivity index (χ0v) is 11.6. The summed E-state index contributed by atoms with van der Waals surface area (Å²) in [4.78, 5) is 0. The van der Waals surface area contributed by atoms with Gasteiger partial charge in [-0.15, -0.1) is 0 Å². The van der Waals surface area contributed by atoms with Crippen molar-refractivity contribution >= 4 is 11.6 Å². The van der Waals surface area contributed by atoms with Gasteiger partial charge in [-0.2, -0.15) is 0 Å². The Kier molecular flexibility index (Phi) is 4.97. The normalized spacial score (nSPS) is 12.4. The summed E-state index contributed by atoms with van der Waals surface area (Å²) in [6.07, 6.45) is -0.0278. The van der Waals surface area contributed by atoms with Crippen LogP contribution >= 0.6 is 11.6 Å². The molecule has 2 aromatic carbocycles. The number of rotatable bonds is 5. The molecule has 0 spiro atoms. The second-order valence-electron chi connectivity index (χ2n) is 4.49. The van der Waals surface area contributed by atoms with Crippen molar-refractivity contribution in [2.45, 2.75) is 19.1 Å².